The van der Waals surface area contributed by atoms with E-state index in [9.17, 15) is 24.0 Å². The van der Waals surface area contributed by atoms with Crippen LogP contribution in [0.25, 0.3) is 10.9 Å². The topological polar surface area (TPSA) is 187 Å². The molecule has 0 spiro atoms. The molecule has 68 heavy (non-hydrogen) atoms. The fraction of sp³-hybridized carbons (Fsp3) is 0.635. The Morgan fingerprint density at radius 3 is 2.26 bits per heavy atom. The van der Waals surface area contributed by atoms with Crippen LogP contribution in [0.15, 0.2) is 30.3 Å². The van der Waals surface area contributed by atoms with Gasteiger partial charge in [-0.15, -0.1) is 0 Å². The number of unbranched alkanes of at least 4 members (excludes halogenated alkanes) is 5. The first-order valence-electron chi connectivity index (χ1n) is 25.8. The summed E-state index contributed by atoms with van der Waals surface area (Å²) < 4.78 is 12.2. The smallest absolute Gasteiger partial charge is 0.264 e. The van der Waals surface area contributed by atoms with Crippen LogP contribution in [0.1, 0.15) is 161 Å². The summed E-state index contributed by atoms with van der Waals surface area (Å²) in [5.74, 6) is 1.79. The van der Waals surface area contributed by atoms with Crippen molar-refractivity contribution in [3.63, 3.8) is 0 Å². The first-order chi connectivity index (χ1) is 33.2. The summed E-state index contributed by atoms with van der Waals surface area (Å²) >= 11 is 0. The Hall–Kier alpha value is -5.35. The van der Waals surface area contributed by atoms with E-state index in [1.807, 2.05) is 0 Å². The highest BCUT2D eigenvalue weighted by molar-refractivity contribution is 6.25. The number of methoxy groups -OCH3 is 1. The van der Waals surface area contributed by atoms with Crippen molar-refractivity contribution in [2.75, 3.05) is 76.7 Å². The van der Waals surface area contributed by atoms with Crippen molar-refractivity contribution in [1.29, 1.82) is 0 Å². The van der Waals surface area contributed by atoms with E-state index in [4.69, 9.17) is 19.4 Å². The molecule has 1 atom stereocenters. The van der Waals surface area contributed by atoms with Crippen molar-refractivity contribution in [3.8, 4) is 11.5 Å². The highest BCUT2D eigenvalue weighted by Gasteiger charge is 2.45. The summed E-state index contributed by atoms with van der Waals surface area (Å²) in [6.45, 7) is 8.31. The minimum absolute atomic E-state index is 0.0879. The molecule has 0 radical (unpaired) electrons. The zero-order valence-corrected chi connectivity index (χ0v) is 40.2. The molecular formula is C52H73N9O7. The van der Waals surface area contributed by atoms with E-state index >= 15 is 0 Å². The number of rotatable bonds is 24. The van der Waals surface area contributed by atoms with Crippen molar-refractivity contribution in [2.24, 2.45) is 0 Å². The zero-order chi connectivity index (χ0) is 47.2. The molecule has 5 amide bonds. The van der Waals surface area contributed by atoms with Crippen molar-refractivity contribution >= 4 is 51.9 Å². The summed E-state index contributed by atoms with van der Waals surface area (Å²) in [5.41, 5.74) is 2.06. The van der Waals surface area contributed by atoms with E-state index in [-0.39, 0.29) is 29.9 Å². The number of carbonyl (C=O) groups excluding carboxylic acids is 5. The first kappa shape index (κ1) is 49.1. The van der Waals surface area contributed by atoms with E-state index in [1.54, 1.807) is 25.3 Å². The molecule has 2 aromatic carbocycles. The number of carbonyl (C=O) groups is 5. The van der Waals surface area contributed by atoms with Gasteiger partial charge in [0.25, 0.3) is 11.8 Å². The second-order valence-electron chi connectivity index (χ2n) is 19.5. The number of benzene rings is 2. The third-order valence-corrected chi connectivity index (χ3v) is 14.6. The third-order valence-electron chi connectivity index (χ3n) is 14.6. The maximum Gasteiger partial charge on any atom is 0.264 e. The standard InChI is InChI=1S/C52H73N9O7/c1-67-43-34-39-41(35-44(43)68-33-15-30-59-27-11-12-28-59)56-48(36-16-7-6-8-17-36)58-49(39)55-37-23-31-60(32-24-37)29-14-20-45(62)54-26-10-5-3-2-4-9-25-53-40-19-13-18-38-47(40)52(66)61(51(38)65)42-21-22-46(63)57-50(42)64/h13,18-19,34-37,42,53H,2-12,14-17,20-33H2,1H3,(H,54,62)(H,55,56,58)(H,57,63,64). The fourth-order valence-electron chi connectivity index (χ4n) is 10.7. The lowest BCUT2D eigenvalue weighted by molar-refractivity contribution is -0.136. The van der Waals surface area contributed by atoms with Crippen molar-refractivity contribution in [1.82, 2.24) is 35.3 Å². The lowest BCUT2D eigenvalue weighted by atomic mass is 9.88. The Bertz CT molecular complexity index is 2240. The van der Waals surface area contributed by atoms with Crippen LogP contribution in [0, 0.1) is 0 Å². The van der Waals surface area contributed by atoms with Crippen LogP contribution in [-0.2, 0) is 14.4 Å². The van der Waals surface area contributed by atoms with Crippen LogP contribution >= 0.6 is 0 Å². The Morgan fingerprint density at radius 2 is 1.50 bits per heavy atom. The van der Waals surface area contributed by atoms with Crippen LogP contribution in [0.2, 0.25) is 0 Å². The summed E-state index contributed by atoms with van der Waals surface area (Å²) in [4.78, 5) is 79.5. The Morgan fingerprint density at radius 1 is 0.765 bits per heavy atom. The lowest BCUT2D eigenvalue weighted by Crippen LogP contribution is -2.54. The van der Waals surface area contributed by atoms with Crippen LogP contribution < -0.4 is 30.7 Å². The number of amides is 5. The fourth-order valence-corrected chi connectivity index (χ4v) is 10.7. The van der Waals surface area contributed by atoms with Crippen LogP contribution in [0.3, 0.4) is 0 Å². The average Bonchev–Trinajstić information content (AvgIpc) is 3.97. The normalized spacial score (nSPS) is 19.7. The van der Waals surface area contributed by atoms with E-state index < -0.39 is 29.7 Å². The van der Waals surface area contributed by atoms with Gasteiger partial charge in [0.1, 0.15) is 17.7 Å². The van der Waals surface area contributed by atoms with Gasteiger partial charge in [0.2, 0.25) is 17.7 Å². The number of likely N-dealkylation sites (tertiary alicyclic amines) is 2. The molecule has 3 saturated heterocycles. The quantitative estimate of drug-likeness (QED) is 0.0523. The summed E-state index contributed by atoms with van der Waals surface area (Å²) in [7, 11) is 1.70. The molecule has 4 aliphatic heterocycles. The van der Waals surface area contributed by atoms with Gasteiger partial charge in [0.15, 0.2) is 11.5 Å². The molecule has 4 fully saturated rings. The molecule has 1 aliphatic carbocycles. The van der Waals surface area contributed by atoms with Gasteiger partial charge in [0.05, 0.1) is 30.4 Å². The third kappa shape index (κ3) is 12.6. The number of hydrogen-bond acceptors (Lipinski definition) is 13. The second kappa shape index (κ2) is 24.3. The van der Waals surface area contributed by atoms with Gasteiger partial charge in [-0.1, -0.05) is 51.0 Å². The van der Waals surface area contributed by atoms with Gasteiger partial charge >= 0.3 is 0 Å². The molecule has 5 heterocycles. The molecule has 1 unspecified atom stereocenters. The number of fused-ring (bicyclic) bond motifs is 2. The molecule has 3 aromatic rings. The molecule has 5 aliphatic rings. The number of imide groups is 2. The van der Waals surface area contributed by atoms with Gasteiger partial charge < -0.3 is 35.2 Å². The predicted octanol–water partition coefficient (Wildman–Crippen LogP) is 7.18. The largest absolute Gasteiger partial charge is 0.493 e. The molecule has 4 N–H and O–H groups in total. The summed E-state index contributed by atoms with van der Waals surface area (Å²) in [6.07, 6.45) is 19.2. The van der Waals surface area contributed by atoms with E-state index in [2.05, 4.69) is 43.2 Å². The molecule has 368 valence electrons. The van der Waals surface area contributed by atoms with Gasteiger partial charge in [-0.25, -0.2) is 9.97 Å². The average molecular weight is 936 g/mol. The number of ether oxygens (including phenoxy) is 2. The van der Waals surface area contributed by atoms with Crippen LogP contribution in [-0.4, -0.2) is 132 Å². The van der Waals surface area contributed by atoms with E-state index in [0.29, 0.717) is 49.5 Å². The van der Waals surface area contributed by atoms with Crippen LogP contribution in [0.5, 0.6) is 11.5 Å². The Kier molecular flexibility index (Phi) is 17.5. The highest BCUT2D eigenvalue weighted by atomic mass is 16.5. The van der Waals surface area contributed by atoms with Crippen molar-refractivity contribution in [3.05, 3.63) is 47.3 Å². The van der Waals surface area contributed by atoms with Gasteiger partial charge in [0, 0.05) is 74.7 Å². The maximum absolute atomic E-state index is 13.3. The van der Waals surface area contributed by atoms with Crippen molar-refractivity contribution < 1.29 is 33.4 Å². The van der Waals surface area contributed by atoms with E-state index in [0.717, 1.165) is 136 Å². The maximum atomic E-state index is 13.3. The molecule has 8 rings (SSSR count). The molecular weight excluding hydrogens is 863 g/mol. The summed E-state index contributed by atoms with van der Waals surface area (Å²) in [6, 6.07) is 8.55. The number of piperidine rings is 2. The number of nitrogens with one attached hydrogen (secondary N) is 4. The highest BCUT2D eigenvalue weighted by Crippen LogP contribution is 2.38. The Balaban J connectivity index is 0.697. The van der Waals surface area contributed by atoms with Gasteiger partial charge in [-0.2, -0.15) is 0 Å². The zero-order valence-electron chi connectivity index (χ0n) is 40.2. The molecule has 16 nitrogen and oxygen atoms in total. The lowest BCUT2D eigenvalue weighted by Gasteiger charge is -2.33. The van der Waals surface area contributed by atoms with E-state index in [1.165, 1.54) is 45.2 Å². The predicted molar refractivity (Wildman–Crippen MR) is 262 cm³/mol. The number of aromatic nitrogens is 2. The minimum Gasteiger partial charge on any atom is -0.493 e. The minimum atomic E-state index is -0.981. The molecule has 0 bridgehead atoms. The second-order valence-corrected chi connectivity index (χ2v) is 19.5. The SMILES string of the molecule is COc1cc2c(NC3CCN(CCCC(=O)NCCCCCCCCNc4cccc5c4C(=O)N(C4CCC(=O)NC4=O)C5=O)CC3)nc(C3CCCCC3)nc2cc1OCCCN1CCCC1. The number of anilines is 2. The molecule has 1 saturated carbocycles. The molecule has 16 heteroatoms. The van der Waals surface area contributed by atoms with Crippen molar-refractivity contribution in [2.45, 2.75) is 146 Å². The van der Waals surface area contributed by atoms with Gasteiger partial charge in [-0.05, 0) is 108 Å². The molecule has 1 aromatic heterocycles. The Labute approximate surface area is 401 Å². The number of nitrogens with zero attached hydrogens (tertiary/aromatic N) is 5. The summed E-state index contributed by atoms with van der Waals surface area (Å²) in [5, 5.41) is 13.5. The first-order valence-corrected chi connectivity index (χ1v) is 25.8. The van der Waals surface area contributed by atoms with Gasteiger partial charge in [-0.3, -0.25) is 34.2 Å². The monoisotopic (exact) mass is 936 g/mol. The number of hydrogen-bond donors (Lipinski definition) is 4. The van der Waals surface area contributed by atoms with Crippen LogP contribution in [0.4, 0.5) is 11.5 Å².